The van der Waals surface area contributed by atoms with Gasteiger partial charge in [-0.2, -0.15) is 0 Å². The van der Waals surface area contributed by atoms with Crippen molar-refractivity contribution in [1.82, 2.24) is 10.6 Å². The van der Waals surface area contributed by atoms with Crippen LogP contribution in [0.4, 0.5) is 0 Å². The quantitative estimate of drug-likeness (QED) is 0.837. The molecule has 0 unspecified atom stereocenters. The molecule has 2 atom stereocenters. The molecule has 0 aromatic heterocycles. The van der Waals surface area contributed by atoms with Crippen LogP contribution in [0.25, 0.3) is 0 Å². The van der Waals surface area contributed by atoms with Crippen LogP contribution in [0, 0.1) is 13.8 Å². The number of carbonyl (C=O) groups is 1. The average molecular weight is 332 g/mol. The van der Waals surface area contributed by atoms with Crippen LogP contribution in [-0.4, -0.2) is 43.9 Å². The molecule has 132 valence electrons. The van der Waals surface area contributed by atoms with Gasteiger partial charge in [-0.1, -0.05) is 12.1 Å². The van der Waals surface area contributed by atoms with Gasteiger partial charge in [0.1, 0.15) is 5.75 Å². The van der Waals surface area contributed by atoms with Gasteiger partial charge in [-0.05, 0) is 56.7 Å². The summed E-state index contributed by atoms with van der Waals surface area (Å²) >= 11 is 0. The van der Waals surface area contributed by atoms with Gasteiger partial charge in [-0.3, -0.25) is 4.79 Å². The third kappa shape index (κ3) is 4.28. The molecule has 1 saturated heterocycles. The Morgan fingerprint density at radius 1 is 1.17 bits per heavy atom. The molecule has 0 spiro atoms. The minimum absolute atomic E-state index is 0.0422. The first-order chi connectivity index (χ1) is 11.6. The van der Waals surface area contributed by atoms with Crippen molar-refractivity contribution in [2.45, 2.75) is 57.7 Å². The zero-order chi connectivity index (χ0) is 16.9. The molecule has 1 amide bonds. The van der Waals surface area contributed by atoms with Gasteiger partial charge >= 0.3 is 0 Å². The van der Waals surface area contributed by atoms with Crippen LogP contribution in [0.3, 0.4) is 0 Å². The second-order valence-corrected chi connectivity index (χ2v) is 6.90. The Kier molecular flexibility index (Phi) is 5.74. The molecule has 2 fully saturated rings. The summed E-state index contributed by atoms with van der Waals surface area (Å²) in [7, 11) is 0. The van der Waals surface area contributed by atoms with Gasteiger partial charge in [0.2, 0.25) is 0 Å². The summed E-state index contributed by atoms with van der Waals surface area (Å²) in [5.74, 6) is 0.745. The van der Waals surface area contributed by atoms with Gasteiger partial charge in [0, 0.05) is 31.3 Å². The Morgan fingerprint density at radius 2 is 1.92 bits per heavy atom. The van der Waals surface area contributed by atoms with E-state index >= 15 is 0 Å². The molecule has 0 bridgehead atoms. The molecule has 2 N–H and O–H groups in total. The van der Waals surface area contributed by atoms with E-state index in [9.17, 15) is 4.79 Å². The molecule has 2 aliphatic rings. The topological polar surface area (TPSA) is 59.6 Å². The minimum Gasteiger partial charge on any atom is -0.483 e. The van der Waals surface area contributed by atoms with Crippen molar-refractivity contribution >= 4 is 5.91 Å². The average Bonchev–Trinajstić information content (AvgIpc) is 2.59. The molecule has 0 radical (unpaired) electrons. The first-order valence-electron chi connectivity index (χ1n) is 8.95. The highest BCUT2D eigenvalue weighted by atomic mass is 16.5. The van der Waals surface area contributed by atoms with Crippen LogP contribution in [0.2, 0.25) is 0 Å². The standard InChI is InChI=1S/C19H28N2O3/c1-13-4-3-5-18(14(13)2)24-12-19(22)21-17-7-6-16(17)20-15-8-10-23-11-9-15/h3-5,15-17,20H,6-12H2,1-2H3,(H,21,22)/t16-,17+/m0/s1. The van der Waals surface area contributed by atoms with Crippen molar-refractivity contribution in [2.24, 2.45) is 0 Å². The molecule has 1 aliphatic carbocycles. The number of benzene rings is 1. The normalized spacial score (nSPS) is 24.2. The zero-order valence-electron chi connectivity index (χ0n) is 14.6. The fourth-order valence-electron chi connectivity index (χ4n) is 3.31. The largest absolute Gasteiger partial charge is 0.483 e. The van der Waals surface area contributed by atoms with Crippen molar-refractivity contribution < 1.29 is 14.3 Å². The van der Waals surface area contributed by atoms with Crippen molar-refractivity contribution in [3.8, 4) is 5.75 Å². The Bertz CT molecular complexity index is 570. The van der Waals surface area contributed by atoms with E-state index in [4.69, 9.17) is 9.47 Å². The zero-order valence-corrected chi connectivity index (χ0v) is 14.6. The number of amides is 1. The van der Waals surface area contributed by atoms with Crippen molar-refractivity contribution in [3.63, 3.8) is 0 Å². The van der Waals surface area contributed by atoms with Crippen LogP contribution in [0.1, 0.15) is 36.8 Å². The van der Waals surface area contributed by atoms with Gasteiger partial charge in [0.15, 0.2) is 6.61 Å². The molecule has 3 rings (SSSR count). The number of hydrogen-bond acceptors (Lipinski definition) is 4. The molecule has 1 heterocycles. The third-order valence-electron chi connectivity index (χ3n) is 5.21. The van der Waals surface area contributed by atoms with Gasteiger partial charge in [0.25, 0.3) is 5.91 Å². The van der Waals surface area contributed by atoms with Crippen LogP contribution in [-0.2, 0) is 9.53 Å². The van der Waals surface area contributed by atoms with E-state index in [1.54, 1.807) is 0 Å². The monoisotopic (exact) mass is 332 g/mol. The summed E-state index contributed by atoms with van der Waals surface area (Å²) in [6.07, 6.45) is 4.29. The summed E-state index contributed by atoms with van der Waals surface area (Å²) in [6.45, 7) is 5.81. The third-order valence-corrected chi connectivity index (χ3v) is 5.21. The number of hydrogen-bond donors (Lipinski definition) is 2. The molecular formula is C19H28N2O3. The second-order valence-electron chi connectivity index (χ2n) is 6.90. The van der Waals surface area contributed by atoms with E-state index < -0.39 is 0 Å². The summed E-state index contributed by atoms with van der Waals surface area (Å²) in [4.78, 5) is 12.2. The lowest BCUT2D eigenvalue weighted by Gasteiger charge is -2.41. The van der Waals surface area contributed by atoms with Crippen LogP contribution in [0.5, 0.6) is 5.75 Å². The Hall–Kier alpha value is -1.59. The molecule has 1 aromatic carbocycles. The van der Waals surface area contributed by atoms with E-state index in [-0.39, 0.29) is 18.6 Å². The molecule has 1 aliphatic heterocycles. The molecule has 5 heteroatoms. The lowest BCUT2D eigenvalue weighted by Crippen LogP contribution is -2.60. The van der Waals surface area contributed by atoms with E-state index in [1.165, 1.54) is 5.56 Å². The summed E-state index contributed by atoms with van der Waals surface area (Å²) in [6, 6.07) is 7.04. The van der Waals surface area contributed by atoms with E-state index in [0.717, 1.165) is 50.2 Å². The lowest BCUT2D eigenvalue weighted by molar-refractivity contribution is -0.124. The fraction of sp³-hybridized carbons (Fsp3) is 0.632. The van der Waals surface area contributed by atoms with Crippen LogP contribution < -0.4 is 15.4 Å². The number of nitrogens with one attached hydrogen (secondary N) is 2. The Morgan fingerprint density at radius 3 is 2.62 bits per heavy atom. The molecular weight excluding hydrogens is 304 g/mol. The van der Waals surface area contributed by atoms with E-state index in [2.05, 4.69) is 10.6 Å². The van der Waals surface area contributed by atoms with Crippen molar-refractivity contribution in [1.29, 1.82) is 0 Å². The number of carbonyl (C=O) groups excluding carboxylic acids is 1. The predicted octanol–water partition coefficient (Wildman–Crippen LogP) is 2.10. The molecule has 24 heavy (non-hydrogen) atoms. The minimum atomic E-state index is -0.0422. The number of rotatable bonds is 6. The smallest absolute Gasteiger partial charge is 0.258 e. The molecule has 5 nitrogen and oxygen atoms in total. The van der Waals surface area contributed by atoms with Gasteiger partial charge in [-0.15, -0.1) is 0 Å². The Balaban J connectivity index is 1.42. The van der Waals surface area contributed by atoms with E-state index in [1.807, 2.05) is 32.0 Å². The van der Waals surface area contributed by atoms with Crippen LogP contribution >= 0.6 is 0 Å². The second kappa shape index (κ2) is 7.99. The first kappa shape index (κ1) is 17.2. The maximum absolute atomic E-state index is 12.2. The lowest BCUT2D eigenvalue weighted by atomic mass is 9.85. The number of ether oxygens (including phenoxy) is 2. The summed E-state index contributed by atoms with van der Waals surface area (Å²) < 4.78 is 11.1. The molecule has 1 aromatic rings. The van der Waals surface area contributed by atoms with E-state index in [0.29, 0.717) is 12.1 Å². The maximum atomic E-state index is 12.2. The summed E-state index contributed by atoms with van der Waals surface area (Å²) in [5.41, 5.74) is 2.26. The van der Waals surface area contributed by atoms with Crippen molar-refractivity contribution in [3.05, 3.63) is 29.3 Å². The Labute approximate surface area is 144 Å². The fourth-order valence-corrected chi connectivity index (χ4v) is 3.31. The highest BCUT2D eigenvalue weighted by Gasteiger charge is 2.33. The van der Waals surface area contributed by atoms with Crippen LogP contribution in [0.15, 0.2) is 18.2 Å². The SMILES string of the molecule is Cc1cccc(OCC(=O)N[C@@H]2CC[C@@H]2NC2CCOCC2)c1C. The highest BCUT2D eigenvalue weighted by Crippen LogP contribution is 2.23. The van der Waals surface area contributed by atoms with Gasteiger partial charge in [-0.25, -0.2) is 0 Å². The first-order valence-corrected chi connectivity index (χ1v) is 8.95. The van der Waals surface area contributed by atoms with Gasteiger partial charge < -0.3 is 20.1 Å². The van der Waals surface area contributed by atoms with Crippen molar-refractivity contribution in [2.75, 3.05) is 19.8 Å². The molecule has 1 saturated carbocycles. The number of aryl methyl sites for hydroxylation is 1. The highest BCUT2D eigenvalue weighted by molar-refractivity contribution is 5.78. The summed E-state index contributed by atoms with van der Waals surface area (Å²) in [5, 5.41) is 6.77. The maximum Gasteiger partial charge on any atom is 0.258 e. The predicted molar refractivity (Wildman–Crippen MR) is 93.3 cm³/mol. The van der Waals surface area contributed by atoms with Gasteiger partial charge in [0.05, 0.1) is 0 Å².